The summed E-state index contributed by atoms with van der Waals surface area (Å²) in [6.07, 6.45) is 1.35. The third-order valence-electron chi connectivity index (χ3n) is 2.67. The second-order valence-corrected chi connectivity index (χ2v) is 5.44. The molecule has 2 N–H and O–H groups in total. The molecular weight excluding hydrogens is 242 g/mol. The van der Waals surface area contributed by atoms with Gasteiger partial charge in [0.05, 0.1) is 4.88 Å². The third kappa shape index (κ3) is 3.50. The van der Waals surface area contributed by atoms with E-state index >= 15 is 0 Å². The number of thiophene rings is 1. The first-order valence-electron chi connectivity index (χ1n) is 5.21. The van der Waals surface area contributed by atoms with Crippen LogP contribution in [-0.4, -0.2) is 23.2 Å². The van der Waals surface area contributed by atoms with Crippen LogP contribution in [0, 0.1) is 0 Å². The van der Waals surface area contributed by atoms with E-state index in [-0.39, 0.29) is 18.1 Å². The number of hydrogen-bond donors (Lipinski definition) is 3. The Balaban J connectivity index is 2.69. The van der Waals surface area contributed by atoms with Gasteiger partial charge in [0.2, 0.25) is 0 Å². The molecule has 0 saturated heterocycles. The van der Waals surface area contributed by atoms with Crippen molar-refractivity contribution in [2.24, 2.45) is 0 Å². The van der Waals surface area contributed by atoms with E-state index in [9.17, 15) is 4.79 Å². The predicted octanol–water partition coefficient (Wildman–Crippen LogP) is 2.32. The van der Waals surface area contributed by atoms with Gasteiger partial charge in [0.1, 0.15) is 0 Å². The Bertz CT molecular complexity index is 365. The van der Waals surface area contributed by atoms with Crippen LogP contribution in [0.25, 0.3) is 0 Å². The second kappa shape index (κ2) is 5.70. The zero-order valence-corrected chi connectivity index (χ0v) is 11.2. The average molecular weight is 259 g/mol. The highest BCUT2D eigenvalue weighted by molar-refractivity contribution is 7.80. The van der Waals surface area contributed by atoms with Crippen LogP contribution in [0.4, 0.5) is 0 Å². The predicted molar refractivity (Wildman–Crippen MR) is 69.4 cm³/mol. The number of amides is 1. The number of aliphatic hydroxyl groups is 1. The molecule has 1 rings (SSSR count). The van der Waals surface area contributed by atoms with Crippen molar-refractivity contribution in [3.05, 3.63) is 16.3 Å². The summed E-state index contributed by atoms with van der Waals surface area (Å²) >= 11 is 5.54. The minimum atomic E-state index is -0.341. The second-order valence-electron chi connectivity index (χ2n) is 4.01. The maximum atomic E-state index is 11.9. The first-order valence-corrected chi connectivity index (χ1v) is 6.54. The zero-order valence-electron chi connectivity index (χ0n) is 9.49. The number of carbonyl (C=O) groups is 1. The minimum Gasteiger partial charge on any atom is -0.396 e. The van der Waals surface area contributed by atoms with Gasteiger partial charge in [-0.25, -0.2) is 0 Å². The first-order chi connectivity index (χ1) is 7.50. The van der Waals surface area contributed by atoms with E-state index in [1.54, 1.807) is 6.07 Å². The number of nitrogens with one attached hydrogen (secondary N) is 1. The molecule has 1 aromatic rings. The van der Waals surface area contributed by atoms with Gasteiger partial charge in [-0.3, -0.25) is 4.79 Å². The molecule has 0 fully saturated rings. The number of rotatable bonds is 5. The molecule has 5 heteroatoms. The van der Waals surface area contributed by atoms with Crippen molar-refractivity contribution in [3.63, 3.8) is 0 Å². The van der Waals surface area contributed by atoms with Gasteiger partial charge in [0, 0.05) is 22.4 Å². The largest absolute Gasteiger partial charge is 0.396 e. The van der Waals surface area contributed by atoms with E-state index < -0.39 is 0 Å². The fourth-order valence-electron chi connectivity index (χ4n) is 1.36. The van der Waals surface area contributed by atoms with Crippen molar-refractivity contribution in [2.75, 3.05) is 6.61 Å². The first kappa shape index (κ1) is 13.5. The molecule has 1 amide bonds. The maximum absolute atomic E-state index is 11.9. The number of hydrogen-bond acceptors (Lipinski definition) is 4. The highest BCUT2D eigenvalue weighted by Gasteiger charge is 2.24. The van der Waals surface area contributed by atoms with E-state index in [0.29, 0.717) is 11.3 Å². The van der Waals surface area contributed by atoms with Crippen LogP contribution in [0.5, 0.6) is 0 Å². The van der Waals surface area contributed by atoms with Crippen molar-refractivity contribution in [3.8, 4) is 0 Å². The van der Waals surface area contributed by atoms with Crippen LogP contribution in [0.15, 0.2) is 16.3 Å². The topological polar surface area (TPSA) is 49.3 Å². The summed E-state index contributed by atoms with van der Waals surface area (Å²) in [6, 6.07) is 1.75. The summed E-state index contributed by atoms with van der Waals surface area (Å²) in [5.74, 6) is -0.0944. The summed E-state index contributed by atoms with van der Waals surface area (Å²) < 4.78 is 0. The normalized spacial score (nSPS) is 14.5. The molecule has 1 atom stereocenters. The molecule has 0 radical (unpaired) electrons. The summed E-state index contributed by atoms with van der Waals surface area (Å²) in [6.45, 7) is 4.01. The van der Waals surface area contributed by atoms with Crippen LogP contribution in [0.3, 0.4) is 0 Å². The molecule has 0 aliphatic carbocycles. The van der Waals surface area contributed by atoms with Gasteiger partial charge in [-0.05, 0) is 25.8 Å². The van der Waals surface area contributed by atoms with Crippen LogP contribution in [0.2, 0.25) is 0 Å². The van der Waals surface area contributed by atoms with E-state index in [0.717, 1.165) is 11.3 Å². The van der Waals surface area contributed by atoms with Crippen molar-refractivity contribution < 1.29 is 9.90 Å². The van der Waals surface area contributed by atoms with Crippen molar-refractivity contribution in [1.82, 2.24) is 5.32 Å². The smallest absolute Gasteiger partial charge is 0.261 e. The van der Waals surface area contributed by atoms with Gasteiger partial charge in [0.25, 0.3) is 5.91 Å². The van der Waals surface area contributed by atoms with E-state index in [1.807, 2.05) is 19.2 Å². The van der Waals surface area contributed by atoms with E-state index in [2.05, 4.69) is 17.9 Å². The highest BCUT2D eigenvalue weighted by Crippen LogP contribution is 2.20. The van der Waals surface area contributed by atoms with E-state index in [1.165, 1.54) is 11.3 Å². The highest BCUT2D eigenvalue weighted by atomic mass is 32.1. The Morgan fingerprint density at radius 2 is 2.38 bits per heavy atom. The third-order valence-corrected chi connectivity index (χ3v) is 4.03. The molecule has 0 saturated carbocycles. The molecule has 0 aromatic carbocycles. The number of carbonyl (C=O) groups excluding carboxylic acids is 1. The fraction of sp³-hybridized carbons (Fsp3) is 0.545. The lowest BCUT2D eigenvalue weighted by molar-refractivity contribution is 0.0890. The van der Waals surface area contributed by atoms with Gasteiger partial charge in [-0.2, -0.15) is 0 Å². The molecule has 0 bridgehead atoms. The minimum absolute atomic E-state index is 0.0763. The fourth-order valence-corrected chi connectivity index (χ4v) is 2.40. The molecule has 1 heterocycles. The molecule has 90 valence electrons. The van der Waals surface area contributed by atoms with Crippen LogP contribution >= 0.6 is 24.0 Å². The molecular formula is C11H17NO2S2. The Hall–Kier alpha value is -0.520. The summed E-state index contributed by atoms with van der Waals surface area (Å²) in [5, 5.41) is 13.7. The number of thiol groups is 1. The van der Waals surface area contributed by atoms with Crippen molar-refractivity contribution >= 4 is 29.9 Å². The van der Waals surface area contributed by atoms with Crippen molar-refractivity contribution in [1.29, 1.82) is 0 Å². The summed E-state index contributed by atoms with van der Waals surface area (Å²) in [7, 11) is 0. The number of aliphatic hydroxyl groups excluding tert-OH is 1. The average Bonchev–Trinajstić information content (AvgIpc) is 2.65. The maximum Gasteiger partial charge on any atom is 0.261 e. The zero-order chi connectivity index (χ0) is 12.2. The molecule has 0 spiro atoms. The molecule has 1 aromatic heterocycles. The van der Waals surface area contributed by atoms with Gasteiger partial charge in [-0.15, -0.1) is 24.0 Å². The lowest BCUT2D eigenvalue weighted by Gasteiger charge is -2.28. The monoisotopic (exact) mass is 259 g/mol. The SMILES string of the molecule is CCC(C)(CCO)NC(=O)c1cc(S)cs1. The van der Waals surface area contributed by atoms with Gasteiger partial charge in [-0.1, -0.05) is 6.92 Å². The Labute approximate surface area is 105 Å². The Kier molecular flexibility index (Phi) is 4.83. The molecule has 3 nitrogen and oxygen atoms in total. The molecule has 16 heavy (non-hydrogen) atoms. The van der Waals surface area contributed by atoms with Crippen LogP contribution in [-0.2, 0) is 0 Å². The van der Waals surface area contributed by atoms with Gasteiger partial charge < -0.3 is 10.4 Å². The van der Waals surface area contributed by atoms with Crippen molar-refractivity contribution in [2.45, 2.75) is 37.1 Å². The van der Waals surface area contributed by atoms with Gasteiger partial charge in [0.15, 0.2) is 0 Å². The summed E-state index contributed by atoms with van der Waals surface area (Å²) in [4.78, 5) is 13.3. The quantitative estimate of drug-likeness (QED) is 0.711. The molecule has 0 aliphatic heterocycles. The Morgan fingerprint density at radius 3 is 2.81 bits per heavy atom. The molecule has 1 unspecified atom stereocenters. The standard InChI is InChI=1S/C11H17NO2S2/c1-3-11(2,4-5-13)12-10(14)9-6-8(15)7-16-9/h6-7,13,15H,3-5H2,1-2H3,(H,12,14). The van der Waals surface area contributed by atoms with Crippen LogP contribution < -0.4 is 5.32 Å². The Morgan fingerprint density at radius 1 is 1.69 bits per heavy atom. The lowest BCUT2D eigenvalue weighted by Crippen LogP contribution is -2.45. The molecule has 0 aliphatic rings. The lowest BCUT2D eigenvalue weighted by atomic mass is 9.95. The van der Waals surface area contributed by atoms with Crippen LogP contribution in [0.1, 0.15) is 36.4 Å². The van der Waals surface area contributed by atoms with E-state index in [4.69, 9.17) is 5.11 Å². The summed E-state index contributed by atoms with van der Waals surface area (Å²) in [5.41, 5.74) is -0.341. The van der Waals surface area contributed by atoms with Gasteiger partial charge >= 0.3 is 0 Å².